The van der Waals surface area contributed by atoms with Gasteiger partial charge in [-0.15, -0.1) is 11.8 Å². The highest BCUT2D eigenvalue weighted by molar-refractivity contribution is 8.00. The zero-order valence-electron chi connectivity index (χ0n) is 20.9. The smallest absolute Gasteiger partial charge is 0.272 e. The Morgan fingerprint density at radius 1 is 0.872 bits per heavy atom. The minimum absolute atomic E-state index is 0.130. The number of aromatic nitrogens is 1. The van der Waals surface area contributed by atoms with Gasteiger partial charge in [0.05, 0.1) is 5.25 Å². The highest BCUT2D eigenvalue weighted by atomic mass is 32.2. The Bertz CT molecular complexity index is 1500. The van der Waals surface area contributed by atoms with E-state index in [9.17, 15) is 18.8 Å². The second-order valence-corrected chi connectivity index (χ2v) is 9.76. The van der Waals surface area contributed by atoms with Gasteiger partial charge in [-0.05, 0) is 61.5 Å². The number of carbonyl (C=O) groups excluding carboxylic acids is 3. The molecule has 7 nitrogen and oxygen atoms in total. The van der Waals surface area contributed by atoms with E-state index in [-0.39, 0.29) is 17.2 Å². The van der Waals surface area contributed by atoms with Gasteiger partial charge in [0, 0.05) is 27.9 Å². The van der Waals surface area contributed by atoms with Crippen LogP contribution in [0, 0.1) is 5.82 Å². The summed E-state index contributed by atoms with van der Waals surface area (Å²) >= 11 is 1.31. The second-order valence-electron chi connectivity index (χ2n) is 8.35. The molecule has 1 atom stereocenters. The van der Waals surface area contributed by atoms with Gasteiger partial charge in [0.25, 0.3) is 11.8 Å². The summed E-state index contributed by atoms with van der Waals surface area (Å²) < 4.78 is 14.3. The zero-order valence-corrected chi connectivity index (χ0v) is 21.7. The Balaban J connectivity index is 1.49. The van der Waals surface area contributed by atoms with Crippen LogP contribution in [0.15, 0.2) is 114 Å². The van der Waals surface area contributed by atoms with Gasteiger partial charge in [0.1, 0.15) is 17.3 Å². The molecule has 1 heterocycles. The van der Waals surface area contributed by atoms with Gasteiger partial charge in [0.15, 0.2) is 0 Å². The van der Waals surface area contributed by atoms with Crippen LogP contribution in [0.25, 0.3) is 6.08 Å². The Morgan fingerprint density at radius 2 is 1.62 bits per heavy atom. The quantitative estimate of drug-likeness (QED) is 0.185. The lowest BCUT2D eigenvalue weighted by molar-refractivity contribution is -0.115. The fourth-order valence-corrected chi connectivity index (χ4v) is 4.38. The average molecular weight is 541 g/mol. The number of hydrogen-bond donors (Lipinski definition) is 3. The lowest BCUT2D eigenvalue weighted by atomic mass is 10.1. The van der Waals surface area contributed by atoms with Crippen LogP contribution < -0.4 is 16.0 Å². The molecule has 3 amide bonds. The molecule has 0 aliphatic heterocycles. The zero-order chi connectivity index (χ0) is 27.6. The summed E-state index contributed by atoms with van der Waals surface area (Å²) in [7, 11) is 0. The lowest BCUT2D eigenvalue weighted by Crippen LogP contribution is -2.30. The van der Waals surface area contributed by atoms with Gasteiger partial charge in [-0.1, -0.05) is 48.5 Å². The standard InChI is InChI=1S/C30H25FN4O3S/c1-20(28(36)35-27-16-7-8-17-32-27)39-24-14-9-13-23(19-24)33-30(38)26(18-22-12-5-6-15-25(22)31)34-29(37)21-10-3-2-4-11-21/h2-20H,1H3,(H,33,38)(H,34,37)(H,32,35,36)/b26-18-. The van der Waals surface area contributed by atoms with Crippen LogP contribution in [0.3, 0.4) is 0 Å². The average Bonchev–Trinajstić information content (AvgIpc) is 2.95. The van der Waals surface area contributed by atoms with E-state index >= 15 is 0 Å². The first-order chi connectivity index (χ1) is 18.9. The maximum Gasteiger partial charge on any atom is 0.272 e. The lowest BCUT2D eigenvalue weighted by Gasteiger charge is -2.14. The van der Waals surface area contributed by atoms with Gasteiger partial charge in [0.2, 0.25) is 5.91 Å². The van der Waals surface area contributed by atoms with E-state index in [0.29, 0.717) is 17.1 Å². The summed E-state index contributed by atoms with van der Waals surface area (Å²) in [5.41, 5.74) is 0.806. The molecule has 1 aromatic heterocycles. The number of halogens is 1. The summed E-state index contributed by atoms with van der Waals surface area (Å²) in [5.74, 6) is -1.43. The van der Waals surface area contributed by atoms with Crippen molar-refractivity contribution in [3.8, 4) is 0 Å². The van der Waals surface area contributed by atoms with Crippen molar-refractivity contribution in [2.45, 2.75) is 17.1 Å². The number of carbonyl (C=O) groups is 3. The molecule has 3 aromatic carbocycles. The third-order valence-corrected chi connectivity index (χ3v) is 6.52. The van der Waals surface area contributed by atoms with Gasteiger partial charge in [-0.25, -0.2) is 9.37 Å². The van der Waals surface area contributed by atoms with Crippen molar-refractivity contribution in [1.29, 1.82) is 0 Å². The summed E-state index contributed by atoms with van der Waals surface area (Å²) in [6.07, 6.45) is 2.88. The number of anilines is 2. The summed E-state index contributed by atoms with van der Waals surface area (Å²) in [6.45, 7) is 1.77. The Kier molecular flexibility index (Phi) is 9.20. The van der Waals surface area contributed by atoms with Crippen molar-refractivity contribution in [2.24, 2.45) is 0 Å². The number of nitrogens with one attached hydrogen (secondary N) is 3. The number of hydrogen-bond acceptors (Lipinski definition) is 5. The summed E-state index contributed by atoms with van der Waals surface area (Å²) in [5, 5.41) is 7.67. The molecule has 0 aliphatic rings. The van der Waals surface area contributed by atoms with E-state index in [2.05, 4.69) is 20.9 Å². The van der Waals surface area contributed by atoms with Crippen LogP contribution in [-0.4, -0.2) is 28.0 Å². The minimum atomic E-state index is -0.634. The monoisotopic (exact) mass is 540 g/mol. The molecule has 39 heavy (non-hydrogen) atoms. The van der Waals surface area contributed by atoms with Crippen molar-refractivity contribution in [2.75, 3.05) is 10.6 Å². The molecule has 0 saturated carbocycles. The molecule has 0 saturated heterocycles. The van der Waals surface area contributed by atoms with Crippen LogP contribution in [0.4, 0.5) is 15.9 Å². The molecule has 0 radical (unpaired) electrons. The largest absolute Gasteiger partial charge is 0.321 e. The summed E-state index contributed by atoms with van der Waals surface area (Å²) in [6, 6.07) is 26.5. The molecule has 196 valence electrons. The third-order valence-electron chi connectivity index (χ3n) is 5.42. The van der Waals surface area contributed by atoms with E-state index in [1.807, 2.05) is 6.07 Å². The van der Waals surface area contributed by atoms with E-state index in [0.717, 1.165) is 4.90 Å². The highest BCUT2D eigenvalue weighted by Crippen LogP contribution is 2.27. The van der Waals surface area contributed by atoms with Crippen LogP contribution in [0.2, 0.25) is 0 Å². The predicted octanol–water partition coefficient (Wildman–Crippen LogP) is 5.75. The van der Waals surface area contributed by atoms with E-state index in [4.69, 9.17) is 0 Å². The minimum Gasteiger partial charge on any atom is -0.321 e. The SMILES string of the molecule is CC(Sc1cccc(NC(=O)/C(=C/c2ccccc2F)NC(=O)c2ccccc2)c1)C(=O)Nc1ccccn1. The molecule has 4 rings (SSSR count). The van der Waals surface area contributed by atoms with Crippen molar-refractivity contribution in [1.82, 2.24) is 10.3 Å². The molecular formula is C30H25FN4O3S. The Hall–Kier alpha value is -4.76. The molecule has 9 heteroatoms. The highest BCUT2D eigenvalue weighted by Gasteiger charge is 2.18. The molecule has 4 aromatic rings. The van der Waals surface area contributed by atoms with Crippen molar-refractivity contribution < 1.29 is 18.8 Å². The van der Waals surface area contributed by atoms with E-state index in [1.54, 1.807) is 85.9 Å². The van der Waals surface area contributed by atoms with Gasteiger partial charge in [-0.3, -0.25) is 14.4 Å². The van der Waals surface area contributed by atoms with Crippen LogP contribution in [-0.2, 0) is 9.59 Å². The van der Waals surface area contributed by atoms with Gasteiger partial charge in [-0.2, -0.15) is 0 Å². The van der Waals surface area contributed by atoms with Crippen LogP contribution in [0.1, 0.15) is 22.8 Å². The van der Waals surface area contributed by atoms with Crippen LogP contribution >= 0.6 is 11.8 Å². The summed E-state index contributed by atoms with van der Waals surface area (Å²) in [4.78, 5) is 43.4. The maximum absolute atomic E-state index is 14.3. The van der Waals surface area contributed by atoms with Gasteiger partial charge >= 0.3 is 0 Å². The molecule has 0 aliphatic carbocycles. The molecule has 1 unspecified atom stereocenters. The first-order valence-corrected chi connectivity index (χ1v) is 12.9. The molecule has 0 bridgehead atoms. The molecule has 0 spiro atoms. The van der Waals surface area contributed by atoms with Crippen molar-refractivity contribution in [3.05, 3.63) is 126 Å². The number of nitrogens with zero attached hydrogens (tertiary/aromatic N) is 1. The first kappa shape index (κ1) is 27.3. The number of pyridine rings is 1. The molecule has 3 N–H and O–H groups in total. The fraction of sp³-hybridized carbons (Fsp3) is 0.0667. The fourth-order valence-electron chi connectivity index (χ4n) is 3.46. The number of benzene rings is 3. The second kappa shape index (κ2) is 13.2. The van der Waals surface area contributed by atoms with Crippen molar-refractivity contribution >= 4 is 47.1 Å². The van der Waals surface area contributed by atoms with E-state index in [1.165, 1.54) is 36.0 Å². The normalized spacial score (nSPS) is 11.8. The number of rotatable bonds is 9. The third kappa shape index (κ3) is 7.86. The Labute approximate surface area is 229 Å². The topological polar surface area (TPSA) is 100 Å². The number of thioether (sulfide) groups is 1. The predicted molar refractivity (Wildman–Crippen MR) is 152 cm³/mol. The molecule has 0 fully saturated rings. The maximum atomic E-state index is 14.3. The Morgan fingerprint density at radius 3 is 2.36 bits per heavy atom. The first-order valence-electron chi connectivity index (χ1n) is 12.0. The van der Waals surface area contributed by atoms with Crippen LogP contribution in [0.5, 0.6) is 0 Å². The van der Waals surface area contributed by atoms with E-state index < -0.39 is 22.9 Å². The molecular weight excluding hydrogens is 515 g/mol. The van der Waals surface area contributed by atoms with Gasteiger partial charge < -0.3 is 16.0 Å². The van der Waals surface area contributed by atoms with Crippen molar-refractivity contribution in [3.63, 3.8) is 0 Å². The number of amides is 3.